The number of fused-ring (bicyclic) bond motifs is 1. The molecule has 6 nitrogen and oxygen atoms in total. The Kier molecular flexibility index (Phi) is 6.88. The zero-order chi connectivity index (χ0) is 25.1. The van der Waals surface area contributed by atoms with Crippen LogP contribution in [0.1, 0.15) is 37.7 Å². The summed E-state index contributed by atoms with van der Waals surface area (Å²) < 4.78 is 13.0. The molecule has 0 aliphatic heterocycles. The lowest BCUT2D eigenvalue weighted by molar-refractivity contribution is -0.125. The van der Waals surface area contributed by atoms with Crippen LogP contribution < -0.4 is 14.8 Å². The molecule has 1 N–H and O–H groups in total. The van der Waals surface area contributed by atoms with Crippen LogP contribution in [-0.2, 0) is 9.79 Å². The number of carbonyl (C=O) groups excluding carboxylic acids is 1. The summed E-state index contributed by atoms with van der Waals surface area (Å²) in [4.78, 5) is 17.5. The fourth-order valence-electron chi connectivity index (χ4n) is 5.05. The smallest absolute Gasteiger partial charge is 0.266 e. The van der Waals surface area contributed by atoms with Crippen LogP contribution in [0, 0.1) is 0 Å². The first-order valence-electron chi connectivity index (χ1n) is 12.3. The molecule has 0 saturated heterocycles. The molecule has 7 heteroatoms. The molecular formula is C29H30ClN3O3. The second-order valence-electron chi connectivity index (χ2n) is 9.12. The van der Waals surface area contributed by atoms with Gasteiger partial charge in [-0.3, -0.25) is 9.36 Å². The molecule has 186 valence electrons. The molecule has 1 fully saturated rings. The number of nitrogens with one attached hydrogen (secondary N) is 1. The summed E-state index contributed by atoms with van der Waals surface area (Å²) in [7, 11) is 3.21. The lowest BCUT2D eigenvalue weighted by Crippen LogP contribution is -2.49. The number of ether oxygens (including phenoxy) is 2. The van der Waals surface area contributed by atoms with E-state index in [4.69, 9.17) is 26.1 Å². The molecule has 1 amide bonds. The van der Waals surface area contributed by atoms with Crippen LogP contribution in [0.2, 0.25) is 0 Å². The minimum atomic E-state index is -1.57. The van der Waals surface area contributed by atoms with Crippen LogP contribution in [0.5, 0.6) is 11.5 Å². The first-order chi connectivity index (χ1) is 17.6. The molecule has 0 radical (unpaired) electrons. The number of hydrogen-bond acceptors (Lipinski definition) is 4. The highest BCUT2D eigenvalue weighted by Crippen LogP contribution is 2.42. The van der Waals surface area contributed by atoms with Gasteiger partial charge in [0.05, 0.1) is 30.8 Å². The number of benzene rings is 3. The van der Waals surface area contributed by atoms with Gasteiger partial charge in [0.1, 0.15) is 17.3 Å². The van der Waals surface area contributed by atoms with Gasteiger partial charge in [-0.15, -0.1) is 0 Å². The first-order valence-corrected chi connectivity index (χ1v) is 12.7. The van der Waals surface area contributed by atoms with Gasteiger partial charge in [-0.25, -0.2) is 4.98 Å². The predicted octanol–water partition coefficient (Wildman–Crippen LogP) is 6.11. The van der Waals surface area contributed by atoms with E-state index in [9.17, 15) is 4.79 Å². The minimum Gasteiger partial charge on any atom is -0.497 e. The number of aromatic nitrogens is 2. The molecule has 1 atom stereocenters. The van der Waals surface area contributed by atoms with Crippen molar-refractivity contribution in [2.75, 3.05) is 14.2 Å². The zero-order valence-electron chi connectivity index (χ0n) is 20.5. The van der Waals surface area contributed by atoms with Crippen molar-refractivity contribution in [1.29, 1.82) is 0 Å². The summed E-state index contributed by atoms with van der Waals surface area (Å²) in [5, 5.41) is 3.27. The summed E-state index contributed by atoms with van der Waals surface area (Å²) in [5.41, 5.74) is 2.86. The van der Waals surface area contributed by atoms with Gasteiger partial charge < -0.3 is 14.8 Å². The lowest BCUT2D eigenvalue weighted by Gasteiger charge is -2.33. The number of halogens is 1. The highest BCUT2D eigenvalue weighted by atomic mass is 35.5. The molecule has 1 aliphatic carbocycles. The van der Waals surface area contributed by atoms with Gasteiger partial charge in [-0.1, -0.05) is 73.3 Å². The minimum absolute atomic E-state index is 0.0989. The molecule has 0 spiro atoms. The number of rotatable bonds is 7. The molecule has 1 heterocycles. The third-order valence-electron chi connectivity index (χ3n) is 6.92. The molecular weight excluding hydrogens is 474 g/mol. The van der Waals surface area contributed by atoms with Crippen molar-refractivity contribution in [3.8, 4) is 22.9 Å². The normalized spacial score (nSPS) is 15.9. The average molecular weight is 504 g/mol. The van der Waals surface area contributed by atoms with E-state index in [1.807, 2.05) is 71.3 Å². The first kappa shape index (κ1) is 24.2. The van der Waals surface area contributed by atoms with Crippen molar-refractivity contribution in [1.82, 2.24) is 14.9 Å². The molecule has 5 rings (SSSR count). The number of nitrogens with zero attached hydrogens (tertiary/aromatic N) is 2. The predicted molar refractivity (Wildman–Crippen MR) is 143 cm³/mol. The Balaban J connectivity index is 1.75. The quantitative estimate of drug-likeness (QED) is 0.309. The number of amides is 1. The number of hydrogen-bond donors (Lipinski definition) is 1. The van der Waals surface area contributed by atoms with Gasteiger partial charge >= 0.3 is 0 Å². The maximum absolute atomic E-state index is 14.2. The van der Waals surface area contributed by atoms with Crippen molar-refractivity contribution in [2.45, 2.75) is 43.1 Å². The molecule has 3 aromatic carbocycles. The summed E-state index contributed by atoms with van der Waals surface area (Å²) in [5.74, 6) is 1.51. The molecule has 4 aromatic rings. The van der Waals surface area contributed by atoms with Gasteiger partial charge in [0.25, 0.3) is 5.91 Å². The van der Waals surface area contributed by atoms with E-state index in [0.29, 0.717) is 28.5 Å². The van der Waals surface area contributed by atoms with Crippen LogP contribution in [0.3, 0.4) is 0 Å². The van der Waals surface area contributed by atoms with Crippen molar-refractivity contribution >= 4 is 28.5 Å². The summed E-state index contributed by atoms with van der Waals surface area (Å²) in [6, 6.07) is 22.8. The van der Waals surface area contributed by atoms with Crippen molar-refractivity contribution in [3.05, 3.63) is 78.4 Å². The number of imidazole rings is 1. The Morgan fingerprint density at radius 3 is 2.42 bits per heavy atom. The SMILES string of the molecule is COc1ccc(-c2nc3ccccc3n2C(Cl)(C(=O)NC2CCCCC2)c2ccccc2)c(OC)c1. The summed E-state index contributed by atoms with van der Waals surface area (Å²) in [6.07, 6.45) is 5.32. The topological polar surface area (TPSA) is 65.4 Å². The molecule has 1 saturated carbocycles. The maximum Gasteiger partial charge on any atom is 0.266 e. The fraction of sp³-hybridized carbons (Fsp3) is 0.310. The van der Waals surface area contributed by atoms with Crippen LogP contribution in [0.25, 0.3) is 22.4 Å². The van der Waals surface area contributed by atoms with Crippen LogP contribution in [-0.4, -0.2) is 35.7 Å². The third kappa shape index (κ3) is 4.30. The average Bonchev–Trinajstić information content (AvgIpc) is 3.33. The van der Waals surface area contributed by atoms with E-state index < -0.39 is 5.00 Å². The van der Waals surface area contributed by atoms with Crippen molar-refractivity contribution < 1.29 is 14.3 Å². The zero-order valence-corrected chi connectivity index (χ0v) is 21.3. The summed E-state index contributed by atoms with van der Waals surface area (Å²) >= 11 is 7.53. The van der Waals surface area contributed by atoms with Gasteiger partial charge in [-0.2, -0.15) is 0 Å². The monoisotopic (exact) mass is 503 g/mol. The molecule has 1 aromatic heterocycles. The van der Waals surface area contributed by atoms with Crippen LogP contribution in [0.15, 0.2) is 72.8 Å². The van der Waals surface area contributed by atoms with E-state index >= 15 is 0 Å². The lowest BCUT2D eigenvalue weighted by atomic mass is 9.94. The van der Waals surface area contributed by atoms with Gasteiger partial charge in [0.15, 0.2) is 0 Å². The molecule has 0 bridgehead atoms. The molecule has 36 heavy (non-hydrogen) atoms. The Morgan fingerprint density at radius 1 is 0.972 bits per heavy atom. The Bertz CT molecular complexity index is 1360. The highest BCUT2D eigenvalue weighted by molar-refractivity contribution is 6.35. The second kappa shape index (κ2) is 10.2. The van der Waals surface area contributed by atoms with Crippen molar-refractivity contribution in [2.24, 2.45) is 0 Å². The van der Waals surface area contributed by atoms with E-state index in [2.05, 4.69) is 5.32 Å². The van der Waals surface area contributed by atoms with Crippen molar-refractivity contribution in [3.63, 3.8) is 0 Å². The van der Waals surface area contributed by atoms with Crippen LogP contribution in [0.4, 0.5) is 0 Å². The van der Waals surface area contributed by atoms with Crippen LogP contribution >= 0.6 is 11.6 Å². The van der Waals surface area contributed by atoms with Gasteiger partial charge in [0.2, 0.25) is 5.00 Å². The second-order valence-corrected chi connectivity index (χ2v) is 9.67. The van der Waals surface area contributed by atoms with Gasteiger partial charge in [-0.05, 0) is 37.1 Å². The Morgan fingerprint density at radius 2 is 1.69 bits per heavy atom. The number of carbonyl (C=O) groups is 1. The number of alkyl halides is 1. The van der Waals surface area contributed by atoms with E-state index in [1.165, 1.54) is 6.42 Å². The highest BCUT2D eigenvalue weighted by Gasteiger charge is 2.44. The van der Waals surface area contributed by atoms with E-state index in [-0.39, 0.29) is 11.9 Å². The largest absolute Gasteiger partial charge is 0.497 e. The fourth-order valence-corrected chi connectivity index (χ4v) is 5.40. The maximum atomic E-state index is 14.2. The number of methoxy groups -OCH3 is 2. The Hall–Kier alpha value is -3.51. The number of para-hydroxylation sites is 2. The molecule has 1 aliphatic rings. The van der Waals surface area contributed by atoms with E-state index in [0.717, 1.165) is 36.7 Å². The molecule has 1 unspecified atom stereocenters. The Labute approximate surface area is 216 Å². The van der Waals surface area contributed by atoms with Gasteiger partial charge in [0, 0.05) is 17.7 Å². The third-order valence-corrected chi connectivity index (χ3v) is 7.48. The summed E-state index contributed by atoms with van der Waals surface area (Å²) in [6.45, 7) is 0. The standard InChI is InChI=1S/C29H30ClN3O3/c1-35-22-17-18-23(26(19-22)36-2)27-32-24-15-9-10-16-25(24)33(27)29(30,20-11-5-3-6-12-20)28(34)31-21-13-7-4-8-14-21/h3,5-6,9-12,15-19,21H,4,7-8,13-14H2,1-2H3,(H,31,34). The van der Waals surface area contributed by atoms with E-state index in [1.54, 1.807) is 20.3 Å².